The Morgan fingerprint density at radius 2 is 1.41 bits per heavy atom. The zero-order valence-electron chi connectivity index (χ0n) is 9.23. The van der Waals surface area contributed by atoms with Crippen molar-refractivity contribution in [1.82, 2.24) is 0 Å². The molecule has 17 heavy (non-hydrogen) atoms. The van der Waals surface area contributed by atoms with E-state index in [0.717, 1.165) is 0 Å². The van der Waals surface area contributed by atoms with E-state index in [2.05, 4.69) is 0 Å². The van der Waals surface area contributed by atoms with Gasteiger partial charge in [-0.15, -0.1) is 0 Å². The van der Waals surface area contributed by atoms with Crippen LogP contribution in [0.1, 0.15) is 11.3 Å². The third-order valence-electron chi connectivity index (χ3n) is 2.64. The maximum atomic E-state index is 12.3. The number of rotatable bonds is 3. The standard InChI is InChI=1S/C13H14NO2P/c14-13(11-7-3-1-4-8-11)17(15,16)12-9-5-2-6-10-12/h1-10,13H,14H2,(H,15,16)/t13-/m1/s1. The Kier molecular flexibility index (Phi) is 3.43. The van der Waals surface area contributed by atoms with E-state index in [4.69, 9.17) is 5.73 Å². The predicted molar refractivity (Wildman–Crippen MR) is 69.3 cm³/mol. The average Bonchev–Trinajstić information content (AvgIpc) is 2.40. The summed E-state index contributed by atoms with van der Waals surface area (Å²) in [7, 11) is -3.58. The SMILES string of the molecule is N[C@@H](c1ccccc1)P(=O)(O)c1ccccc1. The first-order valence-corrected chi connectivity index (χ1v) is 7.04. The van der Waals surface area contributed by atoms with E-state index in [1.165, 1.54) is 0 Å². The zero-order valence-corrected chi connectivity index (χ0v) is 10.1. The van der Waals surface area contributed by atoms with Crippen molar-refractivity contribution < 1.29 is 9.46 Å². The molecule has 88 valence electrons. The molecule has 3 nitrogen and oxygen atoms in total. The largest absolute Gasteiger partial charge is 0.340 e. The fourth-order valence-electron chi connectivity index (χ4n) is 1.65. The molecule has 0 fully saturated rings. The van der Waals surface area contributed by atoms with Crippen molar-refractivity contribution >= 4 is 12.7 Å². The first kappa shape index (κ1) is 12.1. The minimum Gasteiger partial charge on any atom is -0.340 e. The van der Waals surface area contributed by atoms with Gasteiger partial charge in [0.05, 0.1) is 0 Å². The van der Waals surface area contributed by atoms with E-state index in [1.54, 1.807) is 54.6 Å². The molecule has 0 bridgehead atoms. The van der Waals surface area contributed by atoms with Gasteiger partial charge in [0.15, 0.2) is 0 Å². The minimum atomic E-state index is -3.58. The van der Waals surface area contributed by atoms with Crippen molar-refractivity contribution in [1.29, 1.82) is 0 Å². The topological polar surface area (TPSA) is 63.3 Å². The Hall–Kier alpha value is -1.41. The molecule has 2 atom stereocenters. The first-order valence-electron chi connectivity index (χ1n) is 5.31. The highest BCUT2D eigenvalue weighted by Crippen LogP contribution is 2.51. The molecule has 0 amide bonds. The second-order valence-corrected chi connectivity index (χ2v) is 6.13. The third kappa shape index (κ3) is 2.47. The van der Waals surface area contributed by atoms with Gasteiger partial charge in [-0.25, -0.2) is 0 Å². The lowest BCUT2D eigenvalue weighted by molar-refractivity contribution is 0.477. The van der Waals surface area contributed by atoms with E-state index in [0.29, 0.717) is 10.9 Å². The van der Waals surface area contributed by atoms with Crippen molar-refractivity contribution in [3.05, 3.63) is 66.2 Å². The van der Waals surface area contributed by atoms with Crippen molar-refractivity contribution in [3.8, 4) is 0 Å². The summed E-state index contributed by atoms with van der Waals surface area (Å²) in [4.78, 5) is 10.1. The summed E-state index contributed by atoms with van der Waals surface area (Å²) < 4.78 is 12.3. The Morgan fingerprint density at radius 1 is 0.941 bits per heavy atom. The number of hydrogen-bond acceptors (Lipinski definition) is 2. The Morgan fingerprint density at radius 3 is 1.94 bits per heavy atom. The van der Waals surface area contributed by atoms with Crippen LogP contribution in [0.2, 0.25) is 0 Å². The highest BCUT2D eigenvalue weighted by molar-refractivity contribution is 7.66. The van der Waals surface area contributed by atoms with Gasteiger partial charge in [0, 0.05) is 5.30 Å². The summed E-state index contributed by atoms with van der Waals surface area (Å²) in [6, 6.07) is 17.5. The molecule has 0 radical (unpaired) electrons. The average molecular weight is 247 g/mol. The van der Waals surface area contributed by atoms with E-state index < -0.39 is 13.2 Å². The maximum Gasteiger partial charge on any atom is 0.250 e. The molecule has 1 unspecified atom stereocenters. The van der Waals surface area contributed by atoms with E-state index in [-0.39, 0.29) is 0 Å². The Balaban J connectivity index is 2.37. The molecule has 3 N–H and O–H groups in total. The fourth-order valence-corrected chi connectivity index (χ4v) is 3.15. The van der Waals surface area contributed by atoms with Gasteiger partial charge in [-0.05, 0) is 17.7 Å². The van der Waals surface area contributed by atoms with Gasteiger partial charge >= 0.3 is 0 Å². The molecule has 0 aliphatic rings. The van der Waals surface area contributed by atoms with Crippen molar-refractivity contribution in [2.24, 2.45) is 5.73 Å². The highest BCUT2D eigenvalue weighted by Gasteiger charge is 2.30. The van der Waals surface area contributed by atoms with Crippen LogP contribution in [-0.4, -0.2) is 4.89 Å². The summed E-state index contributed by atoms with van der Waals surface area (Å²) in [6.45, 7) is 0. The molecule has 0 saturated heterocycles. The molecular weight excluding hydrogens is 233 g/mol. The fraction of sp³-hybridized carbons (Fsp3) is 0.0769. The number of benzene rings is 2. The third-order valence-corrected chi connectivity index (χ3v) is 4.73. The van der Waals surface area contributed by atoms with Crippen LogP contribution in [0, 0.1) is 0 Å². The lowest BCUT2D eigenvalue weighted by Gasteiger charge is -2.19. The van der Waals surface area contributed by atoms with Gasteiger partial charge in [0.1, 0.15) is 5.78 Å². The van der Waals surface area contributed by atoms with Gasteiger partial charge in [0.2, 0.25) is 7.37 Å². The Labute approximate surface area is 100 Å². The lowest BCUT2D eigenvalue weighted by Crippen LogP contribution is -2.18. The highest BCUT2D eigenvalue weighted by atomic mass is 31.2. The quantitative estimate of drug-likeness (QED) is 0.817. The van der Waals surface area contributed by atoms with Crippen LogP contribution >= 0.6 is 7.37 Å². The van der Waals surface area contributed by atoms with Crippen LogP contribution in [0.3, 0.4) is 0 Å². The molecule has 0 aliphatic heterocycles. The van der Waals surface area contributed by atoms with Crippen LogP contribution in [0.4, 0.5) is 0 Å². The molecule has 2 aromatic carbocycles. The van der Waals surface area contributed by atoms with E-state index in [1.807, 2.05) is 6.07 Å². The van der Waals surface area contributed by atoms with Crippen LogP contribution in [0.15, 0.2) is 60.7 Å². The summed E-state index contributed by atoms with van der Waals surface area (Å²) in [5.41, 5.74) is 6.56. The second-order valence-electron chi connectivity index (χ2n) is 3.81. The summed E-state index contributed by atoms with van der Waals surface area (Å²) in [5, 5.41) is 0.386. The first-order chi connectivity index (χ1) is 8.12. The molecule has 0 spiro atoms. The van der Waals surface area contributed by atoms with Gasteiger partial charge in [-0.2, -0.15) is 0 Å². The smallest absolute Gasteiger partial charge is 0.250 e. The number of nitrogens with two attached hydrogens (primary N) is 1. The molecule has 2 aromatic rings. The second kappa shape index (κ2) is 4.84. The molecule has 0 aliphatic carbocycles. The van der Waals surface area contributed by atoms with Crippen LogP contribution in [-0.2, 0) is 4.57 Å². The summed E-state index contributed by atoms with van der Waals surface area (Å²) in [6.07, 6.45) is 0. The molecular formula is C13H14NO2P. The molecule has 0 aromatic heterocycles. The molecule has 0 heterocycles. The zero-order chi connectivity index (χ0) is 12.3. The number of hydrogen-bond donors (Lipinski definition) is 2. The van der Waals surface area contributed by atoms with E-state index in [9.17, 15) is 9.46 Å². The van der Waals surface area contributed by atoms with Gasteiger partial charge in [0.25, 0.3) is 0 Å². The molecule has 0 saturated carbocycles. The van der Waals surface area contributed by atoms with Gasteiger partial charge in [-0.1, -0.05) is 48.5 Å². The van der Waals surface area contributed by atoms with E-state index >= 15 is 0 Å². The van der Waals surface area contributed by atoms with Crippen LogP contribution in [0.5, 0.6) is 0 Å². The summed E-state index contributed by atoms with van der Waals surface area (Å²) in [5.74, 6) is -0.883. The maximum absolute atomic E-state index is 12.3. The van der Waals surface area contributed by atoms with Crippen molar-refractivity contribution in [2.45, 2.75) is 5.78 Å². The predicted octanol–water partition coefficient (Wildman–Crippen LogP) is 2.24. The molecule has 4 heteroatoms. The van der Waals surface area contributed by atoms with Crippen LogP contribution < -0.4 is 11.0 Å². The van der Waals surface area contributed by atoms with Gasteiger partial charge in [-0.3, -0.25) is 4.57 Å². The lowest BCUT2D eigenvalue weighted by atomic mass is 10.2. The minimum absolute atomic E-state index is 0.386. The van der Waals surface area contributed by atoms with Gasteiger partial charge < -0.3 is 10.6 Å². The van der Waals surface area contributed by atoms with Crippen molar-refractivity contribution in [2.75, 3.05) is 0 Å². The van der Waals surface area contributed by atoms with Crippen LogP contribution in [0.25, 0.3) is 0 Å². The monoisotopic (exact) mass is 247 g/mol. The summed E-state index contributed by atoms with van der Waals surface area (Å²) >= 11 is 0. The Bertz CT molecular complexity index is 528. The normalized spacial score (nSPS) is 16.1. The van der Waals surface area contributed by atoms with Crippen molar-refractivity contribution in [3.63, 3.8) is 0 Å². The molecule has 2 rings (SSSR count).